The van der Waals surface area contributed by atoms with E-state index in [-0.39, 0.29) is 11.4 Å². The molecular formula is C21H20N4O5. The number of nitrogens with zero attached hydrogens (tertiary/aromatic N) is 2. The molecule has 2 aromatic rings. The number of anilines is 1. The lowest BCUT2D eigenvalue weighted by Crippen LogP contribution is -2.47. The fourth-order valence-corrected chi connectivity index (χ4v) is 4.19. The van der Waals surface area contributed by atoms with E-state index >= 15 is 0 Å². The molecule has 0 radical (unpaired) electrons. The third kappa shape index (κ3) is 3.18. The van der Waals surface area contributed by atoms with Crippen molar-refractivity contribution in [3.05, 3.63) is 69.3 Å². The van der Waals surface area contributed by atoms with Crippen LogP contribution in [0, 0.1) is 17.0 Å². The van der Waals surface area contributed by atoms with Crippen LogP contribution < -0.4 is 10.6 Å². The molecule has 0 saturated carbocycles. The van der Waals surface area contributed by atoms with Gasteiger partial charge in [-0.15, -0.1) is 0 Å². The summed E-state index contributed by atoms with van der Waals surface area (Å²) in [4.78, 5) is 49.9. The van der Waals surface area contributed by atoms with E-state index in [9.17, 15) is 24.5 Å². The lowest BCUT2D eigenvalue weighted by Gasteiger charge is -2.33. The second kappa shape index (κ2) is 7.25. The SMILES string of the molecule is Cc1ccc(NC(=O)CN2C(=O)N[C@@]3(CCCc4ccccc43)C2=O)c([N+](=O)[O-])c1. The van der Waals surface area contributed by atoms with Gasteiger partial charge in [-0.2, -0.15) is 0 Å². The van der Waals surface area contributed by atoms with Gasteiger partial charge >= 0.3 is 6.03 Å². The number of rotatable bonds is 4. The summed E-state index contributed by atoms with van der Waals surface area (Å²) < 4.78 is 0. The Morgan fingerprint density at radius 1 is 1.27 bits per heavy atom. The Morgan fingerprint density at radius 2 is 2.03 bits per heavy atom. The van der Waals surface area contributed by atoms with Crippen molar-refractivity contribution in [2.45, 2.75) is 31.7 Å². The molecule has 0 bridgehead atoms. The summed E-state index contributed by atoms with van der Waals surface area (Å²) in [7, 11) is 0. The molecule has 4 amide bonds. The molecule has 0 aromatic heterocycles. The predicted molar refractivity (Wildman–Crippen MR) is 108 cm³/mol. The van der Waals surface area contributed by atoms with Crippen LogP contribution in [-0.4, -0.2) is 34.2 Å². The van der Waals surface area contributed by atoms with Gasteiger partial charge in [0.2, 0.25) is 5.91 Å². The standard InChI is InChI=1S/C21H20N4O5/c1-13-8-9-16(17(11-13)25(29)30)22-18(26)12-24-19(27)21(23-20(24)28)10-4-6-14-5-2-3-7-15(14)21/h2-3,5,7-9,11H,4,6,10,12H2,1H3,(H,22,26)(H,23,28)/t21-/m1/s1. The number of hydrogen-bond acceptors (Lipinski definition) is 5. The van der Waals surface area contributed by atoms with Gasteiger partial charge in [-0.25, -0.2) is 4.79 Å². The Labute approximate surface area is 172 Å². The Morgan fingerprint density at radius 3 is 2.80 bits per heavy atom. The number of aryl methyl sites for hydroxylation is 2. The van der Waals surface area contributed by atoms with Crippen molar-refractivity contribution in [1.82, 2.24) is 10.2 Å². The summed E-state index contributed by atoms with van der Waals surface area (Å²) in [6.07, 6.45) is 2.01. The van der Waals surface area contributed by atoms with Crippen LogP contribution >= 0.6 is 0 Å². The van der Waals surface area contributed by atoms with E-state index in [0.717, 1.165) is 28.9 Å². The number of carbonyl (C=O) groups is 3. The van der Waals surface area contributed by atoms with Gasteiger partial charge in [-0.1, -0.05) is 30.3 Å². The highest BCUT2D eigenvalue weighted by Gasteiger charge is 2.54. The monoisotopic (exact) mass is 408 g/mol. The maximum atomic E-state index is 13.2. The molecule has 4 rings (SSSR count). The minimum absolute atomic E-state index is 0.0142. The third-order valence-electron chi connectivity index (χ3n) is 5.58. The zero-order valence-corrected chi connectivity index (χ0v) is 16.3. The summed E-state index contributed by atoms with van der Waals surface area (Å²) in [5.41, 5.74) is 1.03. The number of benzene rings is 2. The lowest BCUT2D eigenvalue weighted by molar-refractivity contribution is -0.384. The van der Waals surface area contributed by atoms with Crippen LogP contribution in [0.15, 0.2) is 42.5 Å². The summed E-state index contributed by atoms with van der Waals surface area (Å²) >= 11 is 0. The van der Waals surface area contributed by atoms with Gasteiger partial charge in [-0.3, -0.25) is 24.6 Å². The Kier molecular flexibility index (Phi) is 4.73. The second-order valence-corrected chi connectivity index (χ2v) is 7.56. The fraction of sp³-hybridized carbons (Fsp3) is 0.286. The first kappa shape index (κ1) is 19.6. The molecule has 1 spiro atoms. The number of urea groups is 1. The van der Waals surface area contributed by atoms with Crippen LogP contribution in [-0.2, 0) is 21.5 Å². The highest BCUT2D eigenvalue weighted by Crippen LogP contribution is 2.39. The normalized spacial score (nSPS) is 20.1. The highest BCUT2D eigenvalue weighted by molar-refractivity contribution is 6.10. The van der Waals surface area contributed by atoms with E-state index in [1.54, 1.807) is 13.0 Å². The number of hydrogen-bond donors (Lipinski definition) is 2. The van der Waals surface area contributed by atoms with Crippen molar-refractivity contribution >= 4 is 29.2 Å². The predicted octanol–water partition coefficient (Wildman–Crippen LogP) is 2.63. The van der Waals surface area contributed by atoms with E-state index in [1.165, 1.54) is 12.1 Å². The van der Waals surface area contributed by atoms with Gasteiger partial charge < -0.3 is 10.6 Å². The largest absolute Gasteiger partial charge is 0.325 e. The van der Waals surface area contributed by atoms with Crippen molar-refractivity contribution in [3.8, 4) is 0 Å². The summed E-state index contributed by atoms with van der Waals surface area (Å²) in [6, 6.07) is 11.2. The molecule has 1 heterocycles. The third-order valence-corrected chi connectivity index (χ3v) is 5.58. The molecule has 1 saturated heterocycles. The van der Waals surface area contributed by atoms with Crippen molar-refractivity contribution in [3.63, 3.8) is 0 Å². The van der Waals surface area contributed by atoms with Gasteiger partial charge in [0, 0.05) is 6.07 Å². The number of imide groups is 1. The van der Waals surface area contributed by atoms with Crippen molar-refractivity contribution in [1.29, 1.82) is 0 Å². The molecule has 154 valence electrons. The number of fused-ring (bicyclic) bond motifs is 2. The minimum atomic E-state index is -1.16. The average molecular weight is 408 g/mol. The van der Waals surface area contributed by atoms with Crippen LogP contribution in [0.3, 0.4) is 0 Å². The summed E-state index contributed by atoms with van der Waals surface area (Å²) in [5.74, 6) is -1.17. The van der Waals surface area contributed by atoms with Crippen LogP contribution in [0.5, 0.6) is 0 Å². The Balaban J connectivity index is 1.56. The van der Waals surface area contributed by atoms with Gasteiger partial charge in [0.25, 0.3) is 11.6 Å². The molecule has 1 aliphatic carbocycles. The molecule has 1 atom stereocenters. The Bertz CT molecular complexity index is 1080. The smallest absolute Gasteiger partial charge is 0.319 e. The first-order chi connectivity index (χ1) is 14.3. The molecule has 30 heavy (non-hydrogen) atoms. The van der Waals surface area contributed by atoms with E-state index in [2.05, 4.69) is 10.6 Å². The molecule has 1 fully saturated rings. The van der Waals surface area contributed by atoms with Gasteiger partial charge in [0.05, 0.1) is 4.92 Å². The van der Waals surface area contributed by atoms with Gasteiger partial charge in [0.15, 0.2) is 0 Å². The quantitative estimate of drug-likeness (QED) is 0.458. The first-order valence-electron chi connectivity index (χ1n) is 9.59. The number of nitrogens with one attached hydrogen (secondary N) is 2. The van der Waals surface area contributed by atoms with E-state index in [0.29, 0.717) is 12.0 Å². The molecular weight excluding hydrogens is 388 g/mol. The average Bonchev–Trinajstić information content (AvgIpc) is 2.94. The number of nitro groups is 1. The van der Waals surface area contributed by atoms with Crippen molar-refractivity contribution in [2.24, 2.45) is 0 Å². The topological polar surface area (TPSA) is 122 Å². The minimum Gasteiger partial charge on any atom is -0.319 e. The van der Waals surface area contributed by atoms with E-state index < -0.39 is 34.9 Å². The first-order valence-corrected chi connectivity index (χ1v) is 9.59. The maximum absolute atomic E-state index is 13.2. The van der Waals surface area contributed by atoms with Crippen LogP contribution in [0.1, 0.15) is 29.5 Å². The van der Waals surface area contributed by atoms with Crippen molar-refractivity contribution < 1.29 is 19.3 Å². The van der Waals surface area contributed by atoms with Crippen molar-refractivity contribution in [2.75, 3.05) is 11.9 Å². The van der Waals surface area contributed by atoms with E-state index in [1.807, 2.05) is 24.3 Å². The fourth-order valence-electron chi connectivity index (χ4n) is 4.19. The van der Waals surface area contributed by atoms with Crippen LogP contribution in [0.4, 0.5) is 16.2 Å². The molecule has 1 aliphatic heterocycles. The van der Waals surface area contributed by atoms with E-state index in [4.69, 9.17) is 0 Å². The molecule has 0 unspecified atom stereocenters. The highest BCUT2D eigenvalue weighted by atomic mass is 16.6. The zero-order chi connectivity index (χ0) is 21.5. The molecule has 9 heteroatoms. The number of carbonyl (C=O) groups excluding carboxylic acids is 3. The summed E-state index contributed by atoms with van der Waals surface area (Å²) in [5, 5.41) is 16.5. The zero-order valence-electron chi connectivity index (χ0n) is 16.3. The molecule has 2 N–H and O–H groups in total. The molecule has 9 nitrogen and oxygen atoms in total. The van der Waals surface area contributed by atoms with Gasteiger partial charge in [0.1, 0.15) is 17.8 Å². The molecule has 2 aromatic carbocycles. The summed E-state index contributed by atoms with van der Waals surface area (Å²) in [6.45, 7) is 1.17. The van der Waals surface area contributed by atoms with Gasteiger partial charge in [-0.05, 0) is 48.9 Å². The Hall–Kier alpha value is -3.75. The maximum Gasteiger partial charge on any atom is 0.325 e. The van der Waals surface area contributed by atoms with Crippen LogP contribution in [0.25, 0.3) is 0 Å². The molecule has 2 aliphatic rings. The second-order valence-electron chi connectivity index (χ2n) is 7.56. The number of nitro benzene ring substituents is 1. The number of amides is 4. The van der Waals surface area contributed by atoms with Crippen LogP contribution in [0.2, 0.25) is 0 Å². The lowest BCUT2D eigenvalue weighted by atomic mass is 9.76.